The van der Waals surface area contributed by atoms with Crippen LogP contribution in [0, 0.1) is 12.3 Å². The van der Waals surface area contributed by atoms with Crippen molar-refractivity contribution in [3.8, 4) is 0 Å². The maximum Gasteiger partial charge on any atom is 0.303 e. The minimum atomic E-state index is -0.706. The van der Waals surface area contributed by atoms with Crippen LogP contribution in [0.15, 0.2) is 12.1 Å². The molecule has 0 unspecified atom stereocenters. The third kappa shape index (κ3) is 4.47. The van der Waals surface area contributed by atoms with Crippen LogP contribution in [0.4, 0.5) is 0 Å². The van der Waals surface area contributed by atoms with Crippen molar-refractivity contribution in [1.29, 1.82) is 0 Å². The van der Waals surface area contributed by atoms with E-state index < -0.39 is 5.97 Å². The highest BCUT2D eigenvalue weighted by Gasteiger charge is 2.21. The number of hydrogen-bond donors (Lipinski definition) is 1. The molecule has 84 valence electrons. The molecule has 1 heterocycles. The standard InChI is InChI=1S/C12H18O2S/c1-9-4-5-10(15-9)6-7-12(2,3)8-11(13)14/h4-5H,6-8H2,1-3H3,(H,13,14). The first kappa shape index (κ1) is 12.2. The quantitative estimate of drug-likeness (QED) is 0.834. The molecule has 0 bridgehead atoms. The van der Waals surface area contributed by atoms with Gasteiger partial charge in [-0.15, -0.1) is 11.3 Å². The summed E-state index contributed by atoms with van der Waals surface area (Å²) in [7, 11) is 0. The summed E-state index contributed by atoms with van der Waals surface area (Å²) in [6, 6.07) is 4.25. The van der Waals surface area contributed by atoms with E-state index in [1.54, 1.807) is 11.3 Å². The molecule has 0 aliphatic rings. The first-order valence-electron chi connectivity index (χ1n) is 5.16. The lowest BCUT2D eigenvalue weighted by atomic mass is 9.84. The Bertz CT molecular complexity index is 339. The van der Waals surface area contributed by atoms with E-state index in [9.17, 15) is 4.79 Å². The van der Waals surface area contributed by atoms with Gasteiger partial charge in [0.25, 0.3) is 0 Å². The Hall–Kier alpha value is -0.830. The van der Waals surface area contributed by atoms with E-state index in [-0.39, 0.29) is 11.8 Å². The molecular weight excluding hydrogens is 208 g/mol. The number of rotatable bonds is 5. The van der Waals surface area contributed by atoms with Gasteiger partial charge in [0, 0.05) is 9.75 Å². The normalized spacial score (nSPS) is 11.7. The monoisotopic (exact) mass is 226 g/mol. The Morgan fingerprint density at radius 2 is 2.13 bits per heavy atom. The van der Waals surface area contributed by atoms with Crippen molar-refractivity contribution in [3.63, 3.8) is 0 Å². The third-order valence-corrected chi connectivity index (χ3v) is 3.53. The third-order valence-electron chi connectivity index (χ3n) is 2.47. The zero-order chi connectivity index (χ0) is 11.5. The highest BCUT2D eigenvalue weighted by Crippen LogP contribution is 2.28. The number of thiophene rings is 1. The number of carboxylic acid groups (broad SMARTS) is 1. The second-order valence-electron chi connectivity index (χ2n) is 4.75. The summed E-state index contributed by atoms with van der Waals surface area (Å²) < 4.78 is 0. The molecule has 2 nitrogen and oxygen atoms in total. The first-order chi connectivity index (χ1) is 6.89. The van der Waals surface area contributed by atoms with Crippen LogP contribution in [0.5, 0.6) is 0 Å². The predicted molar refractivity (Wildman–Crippen MR) is 63.4 cm³/mol. The van der Waals surface area contributed by atoms with Gasteiger partial charge in [-0.3, -0.25) is 4.79 Å². The molecule has 0 aliphatic heterocycles. The molecular formula is C12H18O2S. The van der Waals surface area contributed by atoms with Crippen LogP contribution >= 0.6 is 11.3 Å². The summed E-state index contributed by atoms with van der Waals surface area (Å²) in [5, 5.41) is 8.75. The minimum absolute atomic E-state index is 0.107. The second kappa shape index (κ2) is 4.79. The maximum absolute atomic E-state index is 10.6. The van der Waals surface area contributed by atoms with Crippen LogP contribution in [-0.2, 0) is 11.2 Å². The number of carbonyl (C=O) groups is 1. The SMILES string of the molecule is Cc1ccc(CCC(C)(C)CC(=O)O)s1. The minimum Gasteiger partial charge on any atom is -0.481 e. The summed E-state index contributed by atoms with van der Waals surface area (Å²) in [5.41, 5.74) is -0.107. The van der Waals surface area contributed by atoms with Gasteiger partial charge in [-0.25, -0.2) is 0 Å². The van der Waals surface area contributed by atoms with Crippen LogP contribution < -0.4 is 0 Å². The maximum atomic E-state index is 10.6. The molecule has 0 saturated heterocycles. The van der Waals surface area contributed by atoms with Crippen LogP contribution in [-0.4, -0.2) is 11.1 Å². The summed E-state index contributed by atoms with van der Waals surface area (Å²) in [6.45, 7) is 6.12. The van der Waals surface area contributed by atoms with E-state index in [4.69, 9.17) is 5.11 Å². The molecule has 1 N–H and O–H groups in total. The Kier molecular flexibility index (Phi) is 3.91. The van der Waals surface area contributed by atoms with Gasteiger partial charge in [-0.05, 0) is 37.3 Å². The highest BCUT2D eigenvalue weighted by molar-refractivity contribution is 7.11. The largest absolute Gasteiger partial charge is 0.481 e. The number of aliphatic carboxylic acids is 1. The molecule has 0 spiro atoms. The van der Waals surface area contributed by atoms with Gasteiger partial charge in [-0.2, -0.15) is 0 Å². The fraction of sp³-hybridized carbons (Fsp3) is 0.583. The zero-order valence-electron chi connectivity index (χ0n) is 9.54. The molecule has 0 atom stereocenters. The van der Waals surface area contributed by atoms with Crippen molar-refractivity contribution in [2.75, 3.05) is 0 Å². The van der Waals surface area contributed by atoms with Crippen molar-refractivity contribution in [3.05, 3.63) is 21.9 Å². The molecule has 0 fully saturated rings. The van der Waals surface area contributed by atoms with Gasteiger partial charge in [0.15, 0.2) is 0 Å². The molecule has 1 aromatic heterocycles. The average molecular weight is 226 g/mol. The van der Waals surface area contributed by atoms with Gasteiger partial charge >= 0.3 is 5.97 Å². The van der Waals surface area contributed by atoms with Gasteiger partial charge < -0.3 is 5.11 Å². The molecule has 0 amide bonds. The lowest BCUT2D eigenvalue weighted by molar-refractivity contribution is -0.139. The summed E-state index contributed by atoms with van der Waals surface area (Å²) >= 11 is 1.80. The van der Waals surface area contributed by atoms with Gasteiger partial charge in [0.2, 0.25) is 0 Å². The van der Waals surface area contributed by atoms with E-state index in [0.717, 1.165) is 12.8 Å². The van der Waals surface area contributed by atoms with E-state index in [0.29, 0.717) is 0 Å². The van der Waals surface area contributed by atoms with E-state index in [2.05, 4.69) is 19.1 Å². The van der Waals surface area contributed by atoms with Crippen molar-refractivity contribution in [2.24, 2.45) is 5.41 Å². The van der Waals surface area contributed by atoms with Crippen molar-refractivity contribution >= 4 is 17.3 Å². The lowest BCUT2D eigenvalue weighted by Crippen LogP contribution is -2.17. The number of hydrogen-bond acceptors (Lipinski definition) is 2. The predicted octanol–water partition coefficient (Wildman–Crippen LogP) is 3.49. The number of carboxylic acids is 1. The Morgan fingerprint density at radius 3 is 2.60 bits per heavy atom. The summed E-state index contributed by atoms with van der Waals surface area (Å²) in [4.78, 5) is 13.3. The van der Waals surface area contributed by atoms with Crippen molar-refractivity contribution in [1.82, 2.24) is 0 Å². The average Bonchev–Trinajstić information content (AvgIpc) is 2.46. The molecule has 0 aromatic carbocycles. The van der Waals surface area contributed by atoms with Gasteiger partial charge in [-0.1, -0.05) is 13.8 Å². The van der Waals surface area contributed by atoms with E-state index in [1.165, 1.54) is 9.75 Å². The van der Waals surface area contributed by atoms with Gasteiger partial charge in [0.05, 0.1) is 6.42 Å². The van der Waals surface area contributed by atoms with Crippen LogP contribution in [0.3, 0.4) is 0 Å². The topological polar surface area (TPSA) is 37.3 Å². The smallest absolute Gasteiger partial charge is 0.303 e. The molecule has 0 radical (unpaired) electrons. The number of aryl methyl sites for hydroxylation is 2. The molecule has 1 rings (SSSR count). The van der Waals surface area contributed by atoms with Crippen molar-refractivity contribution in [2.45, 2.75) is 40.0 Å². The first-order valence-corrected chi connectivity index (χ1v) is 5.98. The molecule has 0 saturated carbocycles. The fourth-order valence-corrected chi connectivity index (χ4v) is 2.47. The van der Waals surface area contributed by atoms with Gasteiger partial charge in [0.1, 0.15) is 0 Å². The van der Waals surface area contributed by atoms with Crippen LogP contribution in [0.1, 0.15) is 36.4 Å². The molecule has 15 heavy (non-hydrogen) atoms. The van der Waals surface area contributed by atoms with E-state index in [1.807, 2.05) is 13.8 Å². The fourth-order valence-electron chi connectivity index (χ4n) is 1.58. The summed E-state index contributed by atoms with van der Waals surface area (Å²) in [5.74, 6) is -0.706. The molecule has 3 heteroatoms. The molecule has 0 aliphatic carbocycles. The Balaban J connectivity index is 2.45. The Labute approximate surface area is 94.9 Å². The highest BCUT2D eigenvalue weighted by atomic mass is 32.1. The van der Waals surface area contributed by atoms with Crippen molar-refractivity contribution < 1.29 is 9.90 Å². The Morgan fingerprint density at radius 1 is 1.47 bits per heavy atom. The second-order valence-corrected chi connectivity index (χ2v) is 6.12. The lowest BCUT2D eigenvalue weighted by Gasteiger charge is -2.21. The van der Waals surface area contributed by atoms with Crippen LogP contribution in [0.2, 0.25) is 0 Å². The van der Waals surface area contributed by atoms with E-state index >= 15 is 0 Å². The zero-order valence-corrected chi connectivity index (χ0v) is 10.4. The van der Waals surface area contributed by atoms with Crippen LogP contribution in [0.25, 0.3) is 0 Å². The molecule has 1 aromatic rings. The summed E-state index contributed by atoms with van der Waals surface area (Å²) in [6.07, 6.45) is 2.16.